The summed E-state index contributed by atoms with van der Waals surface area (Å²) in [6, 6.07) is 12.9. The molecule has 0 fully saturated rings. The fraction of sp³-hybridized carbons (Fsp3) is 0.200. The highest BCUT2D eigenvalue weighted by molar-refractivity contribution is 6.30. The molecule has 0 saturated heterocycles. The molecule has 0 aliphatic carbocycles. The molecule has 0 bridgehead atoms. The summed E-state index contributed by atoms with van der Waals surface area (Å²) in [6.07, 6.45) is 3.59. The molecule has 1 heterocycles. The number of nitrogens with zero attached hydrogens (tertiary/aromatic N) is 2. The third-order valence-electron chi connectivity index (χ3n) is 4.22. The largest absolute Gasteiger partial charge is 0.338 e. The van der Waals surface area contributed by atoms with Crippen molar-refractivity contribution in [1.29, 1.82) is 0 Å². The van der Waals surface area contributed by atoms with E-state index in [0.717, 1.165) is 22.5 Å². The van der Waals surface area contributed by atoms with E-state index in [1.54, 1.807) is 6.20 Å². The number of imidazole rings is 1. The average Bonchev–Trinajstić information content (AvgIpc) is 2.99. The zero-order valence-corrected chi connectivity index (χ0v) is 15.2. The quantitative estimate of drug-likeness (QED) is 0.763. The van der Waals surface area contributed by atoms with Crippen LogP contribution in [0.2, 0.25) is 5.02 Å². The van der Waals surface area contributed by atoms with Crippen molar-refractivity contribution in [3.63, 3.8) is 0 Å². The number of carbonyl (C=O) groups is 1. The molecule has 1 atom stereocenters. The van der Waals surface area contributed by atoms with Crippen LogP contribution in [-0.4, -0.2) is 15.5 Å². The molecular formula is C20H20ClN3O. The Kier molecular flexibility index (Phi) is 4.91. The van der Waals surface area contributed by atoms with Gasteiger partial charge in [-0.25, -0.2) is 4.98 Å². The number of aromatic nitrogens is 2. The molecule has 1 aromatic heterocycles. The Labute approximate surface area is 152 Å². The summed E-state index contributed by atoms with van der Waals surface area (Å²) in [7, 11) is 1.91. The molecule has 4 nitrogen and oxygen atoms in total. The van der Waals surface area contributed by atoms with Gasteiger partial charge < -0.3 is 9.88 Å². The predicted molar refractivity (Wildman–Crippen MR) is 99.9 cm³/mol. The first-order chi connectivity index (χ1) is 12.0. The highest BCUT2D eigenvalue weighted by atomic mass is 35.5. The molecule has 0 radical (unpaired) electrons. The van der Waals surface area contributed by atoms with Crippen molar-refractivity contribution in [3.05, 3.63) is 88.0 Å². The summed E-state index contributed by atoms with van der Waals surface area (Å²) in [6.45, 7) is 3.96. The predicted octanol–water partition coefficient (Wildman–Crippen LogP) is 4.21. The van der Waals surface area contributed by atoms with Crippen LogP contribution in [0.3, 0.4) is 0 Å². The third-order valence-corrected chi connectivity index (χ3v) is 4.47. The van der Waals surface area contributed by atoms with E-state index in [2.05, 4.69) is 10.3 Å². The maximum atomic E-state index is 12.9. The van der Waals surface area contributed by atoms with E-state index in [1.165, 1.54) is 0 Å². The highest BCUT2D eigenvalue weighted by Gasteiger charge is 2.22. The number of benzene rings is 2. The molecule has 25 heavy (non-hydrogen) atoms. The van der Waals surface area contributed by atoms with E-state index < -0.39 is 0 Å². The monoisotopic (exact) mass is 353 g/mol. The Morgan fingerprint density at radius 1 is 1.16 bits per heavy atom. The van der Waals surface area contributed by atoms with E-state index in [4.69, 9.17) is 11.6 Å². The van der Waals surface area contributed by atoms with E-state index in [-0.39, 0.29) is 11.9 Å². The lowest BCUT2D eigenvalue weighted by atomic mass is 10.0. The molecule has 1 N–H and O–H groups in total. The van der Waals surface area contributed by atoms with Gasteiger partial charge in [-0.1, -0.05) is 41.4 Å². The smallest absolute Gasteiger partial charge is 0.252 e. The van der Waals surface area contributed by atoms with Crippen LogP contribution in [0.1, 0.15) is 38.9 Å². The molecule has 0 aliphatic rings. The normalized spacial score (nSPS) is 12.0. The molecule has 3 rings (SSSR count). The third kappa shape index (κ3) is 3.74. The lowest BCUT2D eigenvalue weighted by Crippen LogP contribution is -2.31. The van der Waals surface area contributed by atoms with Gasteiger partial charge in [0.15, 0.2) is 0 Å². The fourth-order valence-corrected chi connectivity index (χ4v) is 3.01. The van der Waals surface area contributed by atoms with Gasteiger partial charge in [-0.2, -0.15) is 0 Å². The minimum absolute atomic E-state index is 0.125. The van der Waals surface area contributed by atoms with Crippen LogP contribution in [0.5, 0.6) is 0 Å². The summed E-state index contributed by atoms with van der Waals surface area (Å²) < 4.78 is 1.90. The van der Waals surface area contributed by atoms with Gasteiger partial charge in [0.1, 0.15) is 11.9 Å². The molecule has 2 aromatic carbocycles. The summed E-state index contributed by atoms with van der Waals surface area (Å²) in [5.74, 6) is 0.640. The van der Waals surface area contributed by atoms with E-state index in [1.807, 2.05) is 74.1 Å². The maximum absolute atomic E-state index is 12.9. The van der Waals surface area contributed by atoms with Crippen LogP contribution in [0, 0.1) is 13.8 Å². The highest BCUT2D eigenvalue weighted by Crippen LogP contribution is 2.23. The first-order valence-electron chi connectivity index (χ1n) is 8.06. The molecule has 3 aromatic rings. The SMILES string of the molecule is Cc1ccc(C(=O)NC(c2ccc(Cl)cc2)c2nccn2C)c(C)c1. The van der Waals surface area contributed by atoms with Gasteiger partial charge in [0.25, 0.3) is 5.91 Å². The number of hydrogen-bond acceptors (Lipinski definition) is 2. The Hall–Kier alpha value is -2.59. The van der Waals surface area contributed by atoms with Gasteiger partial charge in [-0.15, -0.1) is 0 Å². The minimum Gasteiger partial charge on any atom is -0.338 e. The number of halogens is 1. The van der Waals surface area contributed by atoms with Gasteiger partial charge in [-0.05, 0) is 43.2 Å². The van der Waals surface area contributed by atoms with Crippen LogP contribution >= 0.6 is 11.6 Å². The number of hydrogen-bond donors (Lipinski definition) is 1. The lowest BCUT2D eigenvalue weighted by molar-refractivity contribution is 0.0940. The molecule has 0 saturated carbocycles. The van der Waals surface area contributed by atoms with Crippen molar-refractivity contribution in [2.24, 2.45) is 7.05 Å². The number of nitrogens with one attached hydrogen (secondary N) is 1. The number of aryl methyl sites for hydroxylation is 3. The van der Waals surface area contributed by atoms with E-state index in [9.17, 15) is 4.79 Å². The summed E-state index contributed by atoms with van der Waals surface area (Å²) in [5.41, 5.74) is 3.68. The molecule has 5 heteroatoms. The second-order valence-electron chi connectivity index (χ2n) is 6.17. The van der Waals surface area contributed by atoms with E-state index >= 15 is 0 Å². The van der Waals surface area contributed by atoms with E-state index in [0.29, 0.717) is 10.6 Å². The standard InChI is InChI=1S/C20H20ClN3O/c1-13-4-9-17(14(2)12-13)20(25)23-18(19-22-10-11-24(19)3)15-5-7-16(21)8-6-15/h4-12,18H,1-3H3,(H,23,25). The number of carbonyl (C=O) groups excluding carboxylic acids is 1. The van der Waals surface area contributed by atoms with Crippen molar-refractivity contribution < 1.29 is 4.79 Å². The van der Waals surface area contributed by atoms with Crippen molar-refractivity contribution in [2.45, 2.75) is 19.9 Å². The van der Waals surface area contributed by atoms with Crippen molar-refractivity contribution in [1.82, 2.24) is 14.9 Å². The van der Waals surface area contributed by atoms with Crippen LogP contribution in [0.25, 0.3) is 0 Å². The first kappa shape index (κ1) is 17.2. The number of rotatable bonds is 4. The topological polar surface area (TPSA) is 46.9 Å². The lowest BCUT2D eigenvalue weighted by Gasteiger charge is -2.20. The Bertz CT molecular complexity index is 900. The maximum Gasteiger partial charge on any atom is 0.252 e. The van der Waals surface area contributed by atoms with Crippen molar-refractivity contribution in [3.8, 4) is 0 Å². The number of amides is 1. The van der Waals surface area contributed by atoms with Gasteiger partial charge in [0.2, 0.25) is 0 Å². The van der Waals surface area contributed by atoms with Crippen LogP contribution in [0.15, 0.2) is 54.9 Å². The summed E-state index contributed by atoms with van der Waals surface area (Å²) in [4.78, 5) is 17.3. The minimum atomic E-state index is -0.356. The molecule has 0 spiro atoms. The molecule has 128 valence electrons. The zero-order chi connectivity index (χ0) is 18.0. The molecule has 1 unspecified atom stereocenters. The molecule has 0 aliphatic heterocycles. The average molecular weight is 354 g/mol. The van der Waals surface area contributed by atoms with Crippen LogP contribution in [-0.2, 0) is 7.05 Å². The Balaban J connectivity index is 1.96. The van der Waals surface area contributed by atoms with Crippen molar-refractivity contribution in [2.75, 3.05) is 0 Å². The fourth-order valence-electron chi connectivity index (χ4n) is 2.88. The van der Waals surface area contributed by atoms with Crippen LogP contribution in [0.4, 0.5) is 0 Å². The Morgan fingerprint density at radius 3 is 2.48 bits per heavy atom. The summed E-state index contributed by atoms with van der Waals surface area (Å²) in [5, 5.41) is 3.76. The molecular weight excluding hydrogens is 334 g/mol. The second kappa shape index (κ2) is 7.11. The zero-order valence-electron chi connectivity index (χ0n) is 14.5. The summed E-state index contributed by atoms with van der Waals surface area (Å²) >= 11 is 6.00. The van der Waals surface area contributed by atoms with Crippen LogP contribution < -0.4 is 5.32 Å². The Morgan fingerprint density at radius 2 is 1.88 bits per heavy atom. The van der Waals surface area contributed by atoms with Gasteiger partial charge in [0, 0.05) is 30.0 Å². The second-order valence-corrected chi connectivity index (χ2v) is 6.61. The van der Waals surface area contributed by atoms with Gasteiger partial charge in [0.05, 0.1) is 0 Å². The first-order valence-corrected chi connectivity index (χ1v) is 8.44. The van der Waals surface area contributed by atoms with Crippen molar-refractivity contribution >= 4 is 17.5 Å². The van der Waals surface area contributed by atoms with Gasteiger partial charge in [-0.3, -0.25) is 4.79 Å². The van der Waals surface area contributed by atoms with Gasteiger partial charge >= 0.3 is 0 Å². The molecule has 1 amide bonds.